The average molecular weight is 541 g/mol. The van der Waals surface area contributed by atoms with Gasteiger partial charge in [0.1, 0.15) is 41.0 Å². The predicted molar refractivity (Wildman–Crippen MR) is 146 cm³/mol. The number of hydrogen-bond acceptors (Lipinski definition) is 5. The minimum Gasteiger partial charge on any atom is -0.497 e. The van der Waals surface area contributed by atoms with Crippen molar-refractivity contribution in [1.29, 1.82) is 0 Å². The van der Waals surface area contributed by atoms with Crippen molar-refractivity contribution in [2.75, 3.05) is 35.1 Å². The van der Waals surface area contributed by atoms with Gasteiger partial charge in [-0.05, 0) is 36.8 Å². The minimum atomic E-state index is -1.66. The molecular formula is C30H34F2N2O5. The Morgan fingerprint density at radius 1 is 0.897 bits per heavy atom. The number of hydrogen-bond donors (Lipinski definition) is 1. The van der Waals surface area contributed by atoms with Crippen molar-refractivity contribution >= 4 is 6.03 Å². The van der Waals surface area contributed by atoms with E-state index in [1.165, 1.54) is 43.4 Å². The predicted octanol–water partition coefficient (Wildman–Crippen LogP) is 6.01. The fourth-order valence-corrected chi connectivity index (χ4v) is 4.34. The maximum atomic E-state index is 14.9. The molecule has 0 saturated heterocycles. The number of alkyl halides is 1. The van der Waals surface area contributed by atoms with Crippen molar-refractivity contribution in [3.63, 3.8) is 0 Å². The third kappa shape index (κ3) is 6.79. The van der Waals surface area contributed by atoms with Gasteiger partial charge in [-0.2, -0.15) is 0 Å². The summed E-state index contributed by atoms with van der Waals surface area (Å²) in [7, 11) is 6.13. The summed E-state index contributed by atoms with van der Waals surface area (Å²) in [5, 5.41) is 2.77. The molecule has 2 amide bonds. The van der Waals surface area contributed by atoms with Gasteiger partial charge < -0.3 is 29.2 Å². The first kappa shape index (κ1) is 29.3. The van der Waals surface area contributed by atoms with E-state index in [1.54, 1.807) is 56.7 Å². The number of carbonyl (C=O) groups is 1. The summed E-state index contributed by atoms with van der Waals surface area (Å²) >= 11 is 0. The monoisotopic (exact) mass is 540 g/mol. The lowest BCUT2D eigenvalue weighted by Crippen LogP contribution is -2.52. The number of halogens is 2. The van der Waals surface area contributed by atoms with Gasteiger partial charge in [0.15, 0.2) is 0 Å². The summed E-state index contributed by atoms with van der Waals surface area (Å²) in [6.07, 6.45) is 1.43. The highest BCUT2D eigenvalue weighted by Gasteiger charge is 2.37. The minimum absolute atomic E-state index is 0.0261. The largest absolute Gasteiger partial charge is 0.497 e. The normalized spacial score (nSPS) is 12.2. The number of nitrogens with zero attached hydrogens (tertiary/aromatic N) is 1. The Labute approximate surface area is 227 Å². The third-order valence-corrected chi connectivity index (χ3v) is 6.45. The van der Waals surface area contributed by atoms with E-state index in [0.29, 0.717) is 34.1 Å². The maximum Gasteiger partial charge on any atom is 0.318 e. The average Bonchev–Trinajstić information content (AvgIpc) is 2.96. The molecule has 0 unspecified atom stereocenters. The van der Waals surface area contributed by atoms with Crippen molar-refractivity contribution in [2.45, 2.75) is 25.0 Å². The number of nitrogens with one attached hydrogen (secondary N) is 1. The molecule has 0 spiro atoms. The molecule has 208 valence electrons. The zero-order chi connectivity index (χ0) is 28.4. The van der Waals surface area contributed by atoms with Crippen molar-refractivity contribution in [3.8, 4) is 23.0 Å². The topological polar surface area (TPSA) is 69.3 Å². The molecule has 0 heterocycles. The van der Waals surface area contributed by atoms with Crippen LogP contribution in [-0.4, -0.2) is 46.0 Å². The molecule has 3 rings (SSSR count). The Morgan fingerprint density at radius 3 is 1.87 bits per heavy atom. The Morgan fingerprint density at radius 2 is 1.44 bits per heavy atom. The van der Waals surface area contributed by atoms with Crippen LogP contribution in [-0.2, 0) is 18.6 Å². The van der Waals surface area contributed by atoms with Gasteiger partial charge in [0.2, 0.25) is 0 Å². The quantitative estimate of drug-likeness (QED) is 0.269. The fraction of sp³-hybridized carbons (Fsp3) is 0.300. The van der Waals surface area contributed by atoms with Gasteiger partial charge in [-0.15, -0.1) is 6.58 Å². The molecule has 0 radical (unpaired) electrons. The van der Waals surface area contributed by atoms with Crippen LogP contribution in [0.5, 0.6) is 23.0 Å². The number of amides is 2. The van der Waals surface area contributed by atoms with Gasteiger partial charge in [0.25, 0.3) is 0 Å². The van der Waals surface area contributed by atoms with Crippen LogP contribution in [0.1, 0.15) is 23.1 Å². The second kappa shape index (κ2) is 13.5. The molecule has 1 N–H and O–H groups in total. The molecule has 3 aromatic rings. The number of urea groups is 1. The first-order chi connectivity index (χ1) is 18.8. The van der Waals surface area contributed by atoms with Crippen LogP contribution in [0, 0.1) is 5.82 Å². The van der Waals surface area contributed by atoms with Crippen LogP contribution in [0.4, 0.5) is 13.6 Å². The van der Waals surface area contributed by atoms with Gasteiger partial charge in [0.05, 0.1) is 41.5 Å². The van der Waals surface area contributed by atoms with E-state index in [0.717, 1.165) is 0 Å². The summed E-state index contributed by atoms with van der Waals surface area (Å²) < 4.78 is 51.2. The molecule has 7 nitrogen and oxygen atoms in total. The van der Waals surface area contributed by atoms with Gasteiger partial charge >= 0.3 is 6.03 Å². The smallest absolute Gasteiger partial charge is 0.318 e. The zero-order valence-corrected chi connectivity index (χ0v) is 22.6. The second-order valence-electron chi connectivity index (χ2n) is 8.83. The molecule has 0 aliphatic heterocycles. The van der Waals surface area contributed by atoms with E-state index in [2.05, 4.69) is 11.9 Å². The summed E-state index contributed by atoms with van der Waals surface area (Å²) in [6.45, 7) is 2.83. The van der Waals surface area contributed by atoms with Crippen LogP contribution < -0.4 is 24.3 Å². The Kier molecular flexibility index (Phi) is 10.1. The van der Waals surface area contributed by atoms with E-state index >= 15 is 0 Å². The Hall–Kier alpha value is -4.27. The summed E-state index contributed by atoms with van der Waals surface area (Å²) in [4.78, 5) is 15.4. The summed E-state index contributed by atoms with van der Waals surface area (Å²) in [5.74, 6) is 1.56. The molecule has 1 atom stereocenters. The molecule has 0 aliphatic carbocycles. The van der Waals surface area contributed by atoms with Gasteiger partial charge in [-0.25, -0.2) is 13.6 Å². The van der Waals surface area contributed by atoms with Crippen molar-refractivity contribution in [2.24, 2.45) is 0 Å². The fourth-order valence-electron chi connectivity index (χ4n) is 4.34. The lowest BCUT2D eigenvalue weighted by atomic mass is 9.87. The number of benzene rings is 3. The highest BCUT2D eigenvalue weighted by molar-refractivity contribution is 5.76. The first-order valence-electron chi connectivity index (χ1n) is 12.3. The summed E-state index contributed by atoms with van der Waals surface area (Å²) in [5.41, 5.74) is -0.260. The highest BCUT2D eigenvalue weighted by Crippen LogP contribution is 2.32. The molecule has 0 aliphatic rings. The van der Waals surface area contributed by atoms with E-state index in [1.807, 2.05) is 0 Å². The lowest BCUT2D eigenvalue weighted by Gasteiger charge is -2.35. The van der Waals surface area contributed by atoms with Crippen LogP contribution in [0.3, 0.4) is 0 Å². The highest BCUT2D eigenvalue weighted by atomic mass is 19.1. The van der Waals surface area contributed by atoms with E-state index in [-0.39, 0.29) is 25.1 Å². The molecule has 0 aromatic heterocycles. The van der Waals surface area contributed by atoms with Crippen molar-refractivity contribution in [3.05, 3.63) is 95.8 Å². The van der Waals surface area contributed by atoms with Gasteiger partial charge in [0, 0.05) is 28.8 Å². The van der Waals surface area contributed by atoms with E-state index in [9.17, 15) is 13.6 Å². The number of methoxy groups -OCH3 is 4. The standard InChI is InChI=1S/C30H34F2N2O5/c1-6-15-30(20-31,25-9-7-8-10-26(25)32)33-29(35)34(18-21-11-13-23(36-2)16-27(21)38-4)19-22-12-14-24(37-3)17-28(22)39-5/h6-14,16-17H,1,15,18-20H2,2-5H3,(H,33,35)/t30-/m1/s1. The molecule has 0 saturated carbocycles. The molecule has 0 bridgehead atoms. The van der Waals surface area contributed by atoms with Crippen LogP contribution in [0.25, 0.3) is 0 Å². The van der Waals surface area contributed by atoms with E-state index in [4.69, 9.17) is 18.9 Å². The number of carbonyl (C=O) groups excluding carboxylic acids is 1. The van der Waals surface area contributed by atoms with Crippen molar-refractivity contribution in [1.82, 2.24) is 10.2 Å². The molecule has 3 aromatic carbocycles. The van der Waals surface area contributed by atoms with E-state index < -0.39 is 24.1 Å². The first-order valence-corrected chi connectivity index (χ1v) is 12.3. The SMILES string of the molecule is C=CC[C@](CF)(NC(=O)N(Cc1ccc(OC)cc1OC)Cc1ccc(OC)cc1OC)c1ccccc1F. The van der Waals surface area contributed by atoms with Crippen LogP contribution in [0.15, 0.2) is 73.3 Å². The third-order valence-electron chi connectivity index (χ3n) is 6.45. The van der Waals surface area contributed by atoms with Crippen molar-refractivity contribution < 1.29 is 32.5 Å². The van der Waals surface area contributed by atoms with Crippen LogP contribution in [0.2, 0.25) is 0 Å². The summed E-state index contributed by atoms with van der Waals surface area (Å²) in [6, 6.07) is 15.7. The maximum absolute atomic E-state index is 14.9. The number of ether oxygens (including phenoxy) is 4. The zero-order valence-electron chi connectivity index (χ0n) is 22.6. The molecule has 0 fully saturated rings. The van der Waals surface area contributed by atoms with Crippen LogP contribution >= 0.6 is 0 Å². The Balaban J connectivity index is 2.05. The lowest BCUT2D eigenvalue weighted by molar-refractivity contribution is 0.164. The molecular weight excluding hydrogens is 506 g/mol. The molecule has 9 heteroatoms. The van der Waals surface area contributed by atoms with Gasteiger partial charge in [-0.1, -0.05) is 24.3 Å². The number of rotatable bonds is 13. The Bertz CT molecular complexity index is 1230. The molecule has 39 heavy (non-hydrogen) atoms. The second-order valence-corrected chi connectivity index (χ2v) is 8.83. The van der Waals surface area contributed by atoms with Gasteiger partial charge in [-0.3, -0.25) is 0 Å².